The molecule has 1 rings (SSSR count). The molecule has 1 aromatic rings. The van der Waals surface area contributed by atoms with Crippen LogP contribution in [0, 0.1) is 5.82 Å². The van der Waals surface area contributed by atoms with E-state index in [4.69, 9.17) is 5.73 Å². The Bertz CT molecular complexity index is 312. The van der Waals surface area contributed by atoms with Crippen LogP contribution < -0.4 is 5.73 Å². The monoisotopic (exact) mass is 210 g/mol. The Hall–Kier alpha value is -0.930. The van der Waals surface area contributed by atoms with Crippen LogP contribution in [0.4, 0.5) is 4.39 Å². The molecule has 15 heavy (non-hydrogen) atoms. The smallest absolute Gasteiger partial charge is 0.123 e. The maximum Gasteiger partial charge on any atom is 0.123 e. The van der Waals surface area contributed by atoms with E-state index in [-0.39, 0.29) is 11.9 Å². The molecular formula is C12H19FN2. The molecule has 0 amide bonds. The van der Waals surface area contributed by atoms with Gasteiger partial charge in [0, 0.05) is 18.6 Å². The minimum absolute atomic E-state index is 0.0840. The molecule has 1 aromatic carbocycles. The molecule has 84 valence electrons. The van der Waals surface area contributed by atoms with Crippen molar-refractivity contribution in [2.24, 2.45) is 5.73 Å². The van der Waals surface area contributed by atoms with Crippen molar-refractivity contribution in [1.29, 1.82) is 0 Å². The normalized spacial score (nSPS) is 13.5. The number of hydrogen-bond acceptors (Lipinski definition) is 2. The van der Waals surface area contributed by atoms with Gasteiger partial charge >= 0.3 is 0 Å². The topological polar surface area (TPSA) is 29.3 Å². The Morgan fingerprint density at radius 3 is 2.53 bits per heavy atom. The van der Waals surface area contributed by atoms with Crippen LogP contribution in [0.5, 0.6) is 0 Å². The minimum Gasteiger partial charge on any atom is -0.329 e. The summed E-state index contributed by atoms with van der Waals surface area (Å²) in [4.78, 5) is 2.15. The molecule has 0 aliphatic heterocycles. The second-order valence-electron chi connectivity index (χ2n) is 4.07. The summed E-state index contributed by atoms with van der Waals surface area (Å²) in [6.45, 7) is 4.70. The molecule has 0 aliphatic rings. The number of nitrogens with zero attached hydrogens (tertiary/aromatic N) is 1. The van der Waals surface area contributed by atoms with E-state index in [1.54, 1.807) is 12.1 Å². The Balaban J connectivity index is 2.92. The van der Waals surface area contributed by atoms with Crippen molar-refractivity contribution in [3.63, 3.8) is 0 Å². The lowest BCUT2D eigenvalue weighted by molar-refractivity contribution is 0.201. The molecule has 0 aromatic heterocycles. The fourth-order valence-electron chi connectivity index (χ4n) is 1.61. The number of likely N-dealkylation sites (N-methyl/N-ethyl adjacent to an activating group) is 1. The third-order valence-corrected chi connectivity index (χ3v) is 2.76. The Morgan fingerprint density at radius 2 is 2.07 bits per heavy atom. The minimum atomic E-state index is -0.205. The number of nitrogens with two attached hydrogens (primary N) is 1. The van der Waals surface area contributed by atoms with Crippen molar-refractivity contribution in [2.75, 3.05) is 13.6 Å². The standard InChI is InChI=1S/C12H19FN2/c1-9(2)15(3)12(8-14)10-5-4-6-11(13)7-10/h4-7,9,12H,8,14H2,1-3H3. The average molecular weight is 210 g/mol. The molecule has 0 saturated heterocycles. The highest BCUT2D eigenvalue weighted by molar-refractivity contribution is 5.20. The van der Waals surface area contributed by atoms with Gasteiger partial charge in [0.2, 0.25) is 0 Å². The molecule has 0 bridgehead atoms. The number of benzene rings is 1. The Labute approximate surface area is 90.9 Å². The zero-order valence-corrected chi connectivity index (χ0v) is 9.57. The van der Waals surface area contributed by atoms with Crippen LogP contribution in [0.25, 0.3) is 0 Å². The van der Waals surface area contributed by atoms with E-state index in [0.29, 0.717) is 12.6 Å². The predicted octanol–water partition coefficient (Wildman–Crippen LogP) is 2.17. The highest BCUT2D eigenvalue weighted by atomic mass is 19.1. The molecule has 0 aliphatic carbocycles. The lowest BCUT2D eigenvalue weighted by Gasteiger charge is -2.30. The van der Waals surface area contributed by atoms with Crippen molar-refractivity contribution in [1.82, 2.24) is 4.90 Å². The molecule has 0 spiro atoms. The van der Waals surface area contributed by atoms with Crippen LogP contribution in [0.15, 0.2) is 24.3 Å². The molecule has 2 nitrogen and oxygen atoms in total. The fourth-order valence-corrected chi connectivity index (χ4v) is 1.61. The summed E-state index contributed by atoms with van der Waals surface area (Å²) in [6.07, 6.45) is 0. The SMILES string of the molecule is CC(C)N(C)C(CN)c1cccc(F)c1. The van der Waals surface area contributed by atoms with Crippen LogP contribution in [0.1, 0.15) is 25.5 Å². The van der Waals surface area contributed by atoms with Crippen LogP contribution in [0.2, 0.25) is 0 Å². The maximum absolute atomic E-state index is 13.1. The van der Waals surface area contributed by atoms with E-state index >= 15 is 0 Å². The van der Waals surface area contributed by atoms with Gasteiger partial charge in [-0.05, 0) is 38.6 Å². The molecule has 0 heterocycles. The van der Waals surface area contributed by atoms with Gasteiger partial charge < -0.3 is 5.73 Å². The molecule has 1 atom stereocenters. The lowest BCUT2D eigenvalue weighted by Crippen LogP contribution is -2.35. The summed E-state index contributed by atoms with van der Waals surface area (Å²) in [7, 11) is 2.01. The number of rotatable bonds is 4. The van der Waals surface area contributed by atoms with Gasteiger partial charge in [-0.1, -0.05) is 12.1 Å². The highest BCUT2D eigenvalue weighted by Gasteiger charge is 2.17. The van der Waals surface area contributed by atoms with E-state index in [2.05, 4.69) is 18.7 Å². The van der Waals surface area contributed by atoms with Crippen molar-refractivity contribution >= 4 is 0 Å². The first-order chi connectivity index (χ1) is 7.06. The summed E-state index contributed by atoms with van der Waals surface area (Å²) in [6, 6.07) is 7.12. The summed E-state index contributed by atoms with van der Waals surface area (Å²) in [5, 5.41) is 0. The van der Waals surface area contributed by atoms with Crippen LogP contribution >= 0.6 is 0 Å². The van der Waals surface area contributed by atoms with Gasteiger partial charge in [-0.3, -0.25) is 4.90 Å². The molecule has 0 fully saturated rings. The van der Waals surface area contributed by atoms with Gasteiger partial charge in [0.05, 0.1) is 0 Å². The van der Waals surface area contributed by atoms with Crippen LogP contribution in [-0.2, 0) is 0 Å². The van der Waals surface area contributed by atoms with E-state index in [0.717, 1.165) is 5.56 Å². The van der Waals surface area contributed by atoms with Crippen molar-refractivity contribution < 1.29 is 4.39 Å². The second-order valence-corrected chi connectivity index (χ2v) is 4.07. The first-order valence-corrected chi connectivity index (χ1v) is 5.23. The summed E-state index contributed by atoms with van der Waals surface area (Å²) < 4.78 is 13.1. The van der Waals surface area contributed by atoms with Gasteiger partial charge in [-0.2, -0.15) is 0 Å². The van der Waals surface area contributed by atoms with Gasteiger partial charge in [-0.15, -0.1) is 0 Å². The van der Waals surface area contributed by atoms with Crippen molar-refractivity contribution in [2.45, 2.75) is 25.9 Å². The van der Waals surface area contributed by atoms with Gasteiger partial charge in [-0.25, -0.2) is 4.39 Å². The van der Waals surface area contributed by atoms with E-state index in [9.17, 15) is 4.39 Å². The van der Waals surface area contributed by atoms with E-state index in [1.807, 2.05) is 13.1 Å². The molecule has 1 unspecified atom stereocenters. The molecule has 3 heteroatoms. The molecule has 0 radical (unpaired) electrons. The molecular weight excluding hydrogens is 191 g/mol. The number of hydrogen-bond donors (Lipinski definition) is 1. The zero-order chi connectivity index (χ0) is 11.4. The molecule has 2 N–H and O–H groups in total. The zero-order valence-electron chi connectivity index (χ0n) is 9.57. The first-order valence-electron chi connectivity index (χ1n) is 5.23. The fraction of sp³-hybridized carbons (Fsp3) is 0.500. The third-order valence-electron chi connectivity index (χ3n) is 2.76. The Kier molecular flexibility index (Phi) is 4.24. The maximum atomic E-state index is 13.1. The lowest BCUT2D eigenvalue weighted by atomic mass is 10.0. The van der Waals surface area contributed by atoms with Crippen LogP contribution in [-0.4, -0.2) is 24.5 Å². The third kappa shape index (κ3) is 3.01. The first kappa shape index (κ1) is 12.1. The van der Waals surface area contributed by atoms with E-state index in [1.165, 1.54) is 6.07 Å². The largest absolute Gasteiger partial charge is 0.329 e. The average Bonchev–Trinajstić information content (AvgIpc) is 2.18. The summed E-state index contributed by atoms with van der Waals surface area (Å²) in [5.41, 5.74) is 6.67. The van der Waals surface area contributed by atoms with Gasteiger partial charge in [0.15, 0.2) is 0 Å². The van der Waals surface area contributed by atoms with Crippen LogP contribution in [0.3, 0.4) is 0 Å². The van der Waals surface area contributed by atoms with Gasteiger partial charge in [0.25, 0.3) is 0 Å². The summed E-state index contributed by atoms with van der Waals surface area (Å²) >= 11 is 0. The van der Waals surface area contributed by atoms with Gasteiger partial charge in [0.1, 0.15) is 5.82 Å². The second kappa shape index (κ2) is 5.24. The molecule has 0 saturated carbocycles. The number of halogens is 1. The summed E-state index contributed by atoms with van der Waals surface area (Å²) in [5.74, 6) is -0.205. The van der Waals surface area contributed by atoms with E-state index < -0.39 is 0 Å². The van der Waals surface area contributed by atoms with Crippen molar-refractivity contribution in [3.8, 4) is 0 Å². The Morgan fingerprint density at radius 1 is 1.40 bits per heavy atom. The van der Waals surface area contributed by atoms with Crippen molar-refractivity contribution in [3.05, 3.63) is 35.6 Å². The highest BCUT2D eigenvalue weighted by Crippen LogP contribution is 2.20. The quantitative estimate of drug-likeness (QED) is 0.825. The predicted molar refractivity (Wildman–Crippen MR) is 61.1 cm³/mol.